The summed E-state index contributed by atoms with van der Waals surface area (Å²) in [6, 6.07) is 8.85. The van der Waals surface area contributed by atoms with E-state index in [-0.39, 0.29) is 24.2 Å². The van der Waals surface area contributed by atoms with Crippen molar-refractivity contribution in [2.24, 2.45) is 0 Å². The maximum Gasteiger partial charge on any atom is 0.270 e. The van der Waals surface area contributed by atoms with Gasteiger partial charge in [0.05, 0.1) is 5.51 Å². The van der Waals surface area contributed by atoms with Crippen LogP contribution < -0.4 is 5.32 Å². The Balaban J connectivity index is 1.90. The van der Waals surface area contributed by atoms with Crippen molar-refractivity contribution < 1.29 is 9.59 Å². The van der Waals surface area contributed by atoms with Crippen molar-refractivity contribution in [3.63, 3.8) is 0 Å². The quantitative estimate of drug-likeness (QED) is 0.852. The molecule has 1 amide bonds. The molecule has 2 aromatic rings. The van der Waals surface area contributed by atoms with E-state index in [0.717, 1.165) is 0 Å². The van der Waals surface area contributed by atoms with Crippen molar-refractivity contribution >= 4 is 23.0 Å². The second-order valence-corrected chi connectivity index (χ2v) is 4.96. The molecule has 0 spiro atoms. The Morgan fingerprint density at radius 3 is 2.68 bits per heavy atom. The normalized spacial score (nSPS) is 11.8. The van der Waals surface area contributed by atoms with E-state index in [1.54, 1.807) is 23.0 Å². The fourth-order valence-corrected chi connectivity index (χ4v) is 2.23. The third-order valence-electron chi connectivity index (χ3n) is 2.63. The molecule has 0 saturated carbocycles. The number of nitrogens with zero attached hydrogens (tertiary/aromatic N) is 1. The third kappa shape index (κ3) is 3.72. The fraction of sp³-hybridized carbons (Fsp3) is 0.214. The Hall–Kier alpha value is -2.01. The highest BCUT2D eigenvalue weighted by Crippen LogP contribution is 2.06. The van der Waals surface area contributed by atoms with Crippen LogP contribution in [0.3, 0.4) is 0 Å². The summed E-state index contributed by atoms with van der Waals surface area (Å²) in [4.78, 5) is 27.6. The lowest BCUT2D eigenvalue weighted by atomic mass is 10.0. The predicted molar refractivity (Wildman–Crippen MR) is 74.4 cm³/mol. The zero-order valence-corrected chi connectivity index (χ0v) is 11.3. The number of nitrogens with one attached hydrogen (secondary N) is 1. The van der Waals surface area contributed by atoms with Gasteiger partial charge < -0.3 is 5.32 Å². The van der Waals surface area contributed by atoms with E-state index in [2.05, 4.69) is 10.3 Å². The Morgan fingerprint density at radius 1 is 1.32 bits per heavy atom. The van der Waals surface area contributed by atoms with Gasteiger partial charge in [0.2, 0.25) is 0 Å². The zero-order valence-electron chi connectivity index (χ0n) is 10.5. The number of amides is 1. The van der Waals surface area contributed by atoms with E-state index in [0.29, 0.717) is 11.3 Å². The summed E-state index contributed by atoms with van der Waals surface area (Å²) in [5.74, 6) is -0.221. The summed E-state index contributed by atoms with van der Waals surface area (Å²) in [6.07, 6.45) is 0.278. The van der Waals surface area contributed by atoms with Crippen molar-refractivity contribution in [3.05, 3.63) is 52.5 Å². The molecule has 1 aromatic heterocycles. The summed E-state index contributed by atoms with van der Waals surface area (Å²) >= 11 is 1.37. The van der Waals surface area contributed by atoms with Gasteiger partial charge in [-0.05, 0) is 6.92 Å². The Labute approximate surface area is 115 Å². The smallest absolute Gasteiger partial charge is 0.270 e. The molecule has 0 saturated heterocycles. The highest BCUT2D eigenvalue weighted by atomic mass is 32.1. The molecule has 4 nitrogen and oxygen atoms in total. The minimum atomic E-state index is -0.241. The predicted octanol–water partition coefficient (Wildman–Crippen LogP) is 2.53. The number of ketones is 1. The molecule has 0 aliphatic carbocycles. The van der Waals surface area contributed by atoms with Crippen LogP contribution in [0.5, 0.6) is 0 Å². The molecule has 1 N–H and O–H groups in total. The summed E-state index contributed by atoms with van der Waals surface area (Å²) < 4.78 is 0. The van der Waals surface area contributed by atoms with Crippen molar-refractivity contribution in [2.45, 2.75) is 19.4 Å². The highest BCUT2D eigenvalue weighted by molar-refractivity contribution is 7.07. The number of aromatic nitrogens is 1. The third-order valence-corrected chi connectivity index (χ3v) is 3.22. The van der Waals surface area contributed by atoms with E-state index in [1.165, 1.54) is 11.3 Å². The lowest BCUT2D eigenvalue weighted by molar-refractivity contribution is 0.0915. The molecule has 0 bridgehead atoms. The molecule has 0 aliphatic heterocycles. The van der Waals surface area contributed by atoms with Crippen LogP contribution in [0.4, 0.5) is 0 Å². The number of benzene rings is 1. The van der Waals surface area contributed by atoms with Crippen LogP contribution in [0.25, 0.3) is 0 Å². The number of rotatable bonds is 5. The number of carbonyl (C=O) groups is 2. The number of Topliss-reactive ketones (excluding diaryl/α,β-unsaturated/α-hetero) is 1. The van der Waals surface area contributed by atoms with Gasteiger partial charge in [0, 0.05) is 23.4 Å². The Morgan fingerprint density at radius 2 is 2.05 bits per heavy atom. The van der Waals surface area contributed by atoms with E-state index in [9.17, 15) is 9.59 Å². The van der Waals surface area contributed by atoms with Gasteiger partial charge in [-0.3, -0.25) is 9.59 Å². The monoisotopic (exact) mass is 274 g/mol. The fourth-order valence-electron chi connectivity index (χ4n) is 1.69. The van der Waals surface area contributed by atoms with Crippen molar-refractivity contribution in [2.75, 3.05) is 0 Å². The van der Waals surface area contributed by atoms with Crippen LogP contribution in [-0.2, 0) is 0 Å². The summed E-state index contributed by atoms with van der Waals surface area (Å²) in [6.45, 7) is 1.81. The summed E-state index contributed by atoms with van der Waals surface area (Å²) in [7, 11) is 0. The first-order chi connectivity index (χ1) is 9.16. The molecule has 0 radical (unpaired) electrons. The number of carbonyl (C=O) groups excluding carboxylic acids is 2. The molecule has 19 heavy (non-hydrogen) atoms. The minimum Gasteiger partial charge on any atom is -0.348 e. The molecule has 1 atom stereocenters. The second kappa shape index (κ2) is 6.24. The molecule has 1 aromatic carbocycles. The highest BCUT2D eigenvalue weighted by Gasteiger charge is 2.15. The van der Waals surface area contributed by atoms with E-state index >= 15 is 0 Å². The first-order valence-corrected chi connectivity index (χ1v) is 6.88. The summed E-state index contributed by atoms with van der Waals surface area (Å²) in [5.41, 5.74) is 2.66. The molecule has 98 valence electrons. The van der Waals surface area contributed by atoms with Gasteiger partial charge in [0.1, 0.15) is 5.69 Å². The van der Waals surface area contributed by atoms with Gasteiger partial charge in [-0.25, -0.2) is 4.98 Å². The Kier molecular flexibility index (Phi) is 4.41. The molecule has 0 unspecified atom stereocenters. The minimum absolute atomic E-state index is 0.0201. The van der Waals surface area contributed by atoms with E-state index in [4.69, 9.17) is 0 Å². The molecule has 5 heteroatoms. The summed E-state index contributed by atoms with van der Waals surface area (Å²) in [5, 5.41) is 4.45. The Bertz CT molecular complexity index is 552. The van der Waals surface area contributed by atoms with Crippen molar-refractivity contribution in [1.29, 1.82) is 0 Å². The molecular weight excluding hydrogens is 260 g/mol. The van der Waals surface area contributed by atoms with Crippen LogP contribution in [0.15, 0.2) is 41.2 Å². The van der Waals surface area contributed by atoms with Gasteiger partial charge >= 0.3 is 0 Å². The van der Waals surface area contributed by atoms with Crippen LogP contribution in [0, 0.1) is 0 Å². The van der Waals surface area contributed by atoms with Crippen LogP contribution in [0.1, 0.15) is 34.2 Å². The van der Waals surface area contributed by atoms with Crippen molar-refractivity contribution in [3.8, 4) is 0 Å². The van der Waals surface area contributed by atoms with Gasteiger partial charge in [0.15, 0.2) is 5.78 Å². The average molecular weight is 274 g/mol. The lowest BCUT2D eigenvalue weighted by Gasteiger charge is -2.12. The molecule has 0 aliphatic rings. The second-order valence-electron chi connectivity index (χ2n) is 4.24. The van der Waals surface area contributed by atoms with E-state index < -0.39 is 0 Å². The number of hydrogen-bond acceptors (Lipinski definition) is 4. The molecular formula is C14H14N2O2S. The SMILES string of the molecule is C[C@@H](CC(=O)c1ccccc1)NC(=O)c1cscn1. The first-order valence-electron chi connectivity index (χ1n) is 5.94. The van der Waals surface area contributed by atoms with Gasteiger partial charge in [-0.15, -0.1) is 11.3 Å². The van der Waals surface area contributed by atoms with Crippen LogP contribution in [0.2, 0.25) is 0 Å². The molecule has 0 fully saturated rings. The molecule has 1 heterocycles. The topological polar surface area (TPSA) is 59.1 Å². The van der Waals surface area contributed by atoms with Gasteiger partial charge in [0.25, 0.3) is 5.91 Å². The maximum absolute atomic E-state index is 12.0. The standard InChI is InChI=1S/C14H14N2O2S/c1-10(16-14(18)12-8-19-9-15-12)7-13(17)11-5-3-2-4-6-11/h2-6,8-10H,7H2,1H3,(H,16,18)/t10-/m0/s1. The van der Waals surface area contributed by atoms with Gasteiger partial charge in [-0.1, -0.05) is 30.3 Å². The molecule has 2 rings (SSSR count). The lowest BCUT2D eigenvalue weighted by Crippen LogP contribution is -2.34. The largest absolute Gasteiger partial charge is 0.348 e. The average Bonchev–Trinajstić information content (AvgIpc) is 2.93. The first kappa shape index (κ1) is 13.4. The number of hydrogen-bond donors (Lipinski definition) is 1. The van der Waals surface area contributed by atoms with Gasteiger partial charge in [-0.2, -0.15) is 0 Å². The van der Waals surface area contributed by atoms with Crippen LogP contribution >= 0.6 is 11.3 Å². The maximum atomic E-state index is 12.0. The van der Waals surface area contributed by atoms with Crippen LogP contribution in [-0.4, -0.2) is 22.7 Å². The van der Waals surface area contributed by atoms with E-state index in [1.807, 2.05) is 25.1 Å². The van der Waals surface area contributed by atoms with Crippen molar-refractivity contribution in [1.82, 2.24) is 10.3 Å². The number of thiazole rings is 1. The zero-order chi connectivity index (χ0) is 13.7.